The Balaban J connectivity index is 0.000000110. The minimum absolute atomic E-state index is 0.122. The molecular formula is C143H96Br3N3. The van der Waals surface area contributed by atoms with Crippen LogP contribution in [-0.4, -0.2) is 13.7 Å². The van der Waals surface area contributed by atoms with Crippen LogP contribution in [0.3, 0.4) is 0 Å². The molecule has 0 fully saturated rings. The molecule has 3 heterocycles. The van der Waals surface area contributed by atoms with Crippen molar-refractivity contribution in [2.24, 2.45) is 0 Å². The average molecular weight is 2100 g/mol. The first-order valence-electron chi connectivity index (χ1n) is 51.1. The minimum Gasteiger partial charge on any atom is -0.309 e. The van der Waals surface area contributed by atoms with Gasteiger partial charge in [0.1, 0.15) is 0 Å². The van der Waals surface area contributed by atoms with E-state index < -0.39 is 10.8 Å². The molecule has 0 radical (unpaired) electrons. The molecule has 3 aliphatic carbocycles. The van der Waals surface area contributed by atoms with Crippen molar-refractivity contribution >= 4 is 113 Å². The lowest BCUT2D eigenvalue weighted by Gasteiger charge is -2.34. The predicted octanol–water partition coefficient (Wildman–Crippen LogP) is 39.3. The van der Waals surface area contributed by atoms with Gasteiger partial charge in [-0.15, -0.1) is 0 Å². The summed E-state index contributed by atoms with van der Waals surface area (Å²) in [7, 11) is 0. The quantitative estimate of drug-likeness (QED) is 0.103. The van der Waals surface area contributed by atoms with Crippen LogP contribution < -0.4 is 0 Å². The second-order valence-corrected chi connectivity index (χ2v) is 42.7. The first-order valence-corrected chi connectivity index (χ1v) is 53.5. The summed E-state index contributed by atoms with van der Waals surface area (Å²) in [5.74, 6) is 0. The number of halogens is 3. The lowest BCUT2D eigenvalue weighted by molar-refractivity contribution is 0.656. The molecule has 149 heavy (non-hydrogen) atoms. The molecule has 26 aromatic rings. The molecule has 0 bridgehead atoms. The number of fused-ring (bicyclic) bond motifs is 18. The van der Waals surface area contributed by atoms with Crippen LogP contribution >= 0.6 is 47.8 Å². The van der Waals surface area contributed by atoms with Gasteiger partial charge in [-0.1, -0.05) is 462 Å². The van der Waals surface area contributed by atoms with E-state index in [9.17, 15) is 0 Å². The fraction of sp³-hybridized carbons (Fsp3) is 0.0350. The third-order valence-corrected chi connectivity index (χ3v) is 33.1. The van der Waals surface area contributed by atoms with Gasteiger partial charge in [0.15, 0.2) is 0 Å². The summed E-state index contributed by atoms with van der Waals surface area (Å²) in [6, 6.07) is 201. The summed E-state index contributed by atoms with van der Waals surface area (Å²) < 4.78 is 10.7. The zero-order valence-corrected chi connectivity index (χ0v) is 86.7. The predicted molar refractivity (Wildman–Crippen MR) is 636 cm³/mol. The van der Waals surface area contributed by atoms with Crippen molar-refractivity contribution in [3.63, 3.8) is 0 Å². The monoisotopic (exact) mass is 2090 g/mol. The lowest BCUT2D eigenvalue weighted by Crippen LogP contribution is -2.28. The van der Waals surface area contributed by atoms with Crippen molar-refractivity contribution in [3.8, 4) is 128 Å². The second kappa shape index (κ2) is 37.1. The Kier molecular flexibility index (Phi) is 22.6. The van der Waals surface area contributed by atoms with Crippen LogP contribution in [0.1, 0.15) is 69.5 Å². The highest BCUT2D eigenvalue weighted by molar-refractivity contribution is 9.11. The van der Waals surface area contributed by atoms with E-state index in [2.05, 4.69) is 621 Å². The van der Waals surface area contributed by atoms with Crippen molar-refractivity contribution in [1.29, 1.82) is 0 Å². The third kappa shape index (κ3) is 15.2. The maximum Gasteiger partial charge on any atom is 0.0714 e. The molecule has 29 rings (SSSR count). The van der Waals surface area contributed by atoms with E-state index >= 15 is 0 Å². The fourth-order valence-electron chi connectivity index (χ4n) is 24.8. The summed E-state index contributed by atoms with van der Waals surface area (Å²) >= 11 is 10.7. The summed E-state index contributed by atoms with van der Waals surface area (Å²) in [5.41, 5.74) is 47.8. The topological polar surface area (TPSA) is 14.8 Å². The molecule has 0 N–H and O–H groups in total. The van der Waals surface area contributed by atoms with Crippen LogP contribution in [0.4, 0.5) is 0 Å². The summed E-state index contributed by atoms with van der Waals surface area (Å²) in [5, 5.41) is 7.52. The van der Waals surface area contributed by atoms with Crippen LogP contribution in [0.15, 0.2) is 559 Å². The SMILES string of the molecule is Brc1ccc(-c2cccc(-c3ccc4c(c3)c3ccccc3n4-c3ccc4c(c3)-c3ccccc3C4(c3ccccc3)c3ccccc3)c2)cc1.Brc1ccc(-c2cccc(-c3ccc4c(c3)c3ccccc3n4-c3ccc4c(c3)C(c3ccccc3)(c3ccccc3)c3ccccc3-4)c2)cc1.CC1(C)c2ccccc2-c2cccc(-n3c4ccc(-c5ccccc5)cc4c4cc(-c5cccc(-c6ccc(Br)cc6)c5)ccc43)c21. The maximum absolute atomic E-state index is 3.58. The summed E-state index contributed by atoms with van der Waals surface area (Å²) in [4.78, 5) is 0. The van der Waals surface area contributed by atoms with Gasteiger partial charge in [-0.3, -0.25) is 0 Å². The summed E-state index contributed by atoms with van der Waals surface area (Å²) in [6.07, 6.45) is 0. The van der Waals surface area contributed by atoms with Crippen LogP contribution in [-0.2, 0) is 16.2 Å². The first-order chi connectivity index (χ1) is 73.4. The highest BCUT2D eigenvalue weighted by Gasteiger charge is 2.49. The van der Waals surface area contributed by atoms with E-state index in [-0.39, 0.29) is 5.41 Å². The van der Waals surface area contributed by atoms with Crippen molar-refractivity contribution in [2.45, 2.75) is 30.1 Å². The second-order valence-electron chi connectivity index (χ2n) is 40.0. The molecule has 0 saturated heterocycles. The van der Waals surface area contributed by atoms with Gasteiger partial charge >= 0.3 is 0 Å². The van der Waals surface area contributed by atoms with Gasteiger partial charge in [-0.05, 0) is 312 Å². The zero-order valence-electron chi connectivity index (χ0n) is 81.9. The third-order valence-electron chi connectivity index (χ3n) is 31.5. The fourth-order valence-corrected chi connectivity index (χ4v) is 25.6. The highest BCUT2D eigenvalue weighted by atomic mass is 79.9. The summed E-state index contributed by atoms with van der Waals surface area (Å²) in [6.45, 7) is 4.75. The van der Waals surface area contributed by atoms with E-state index in [0.29, 0.717) is 0 Å². The van der Waals surface area contributed by atoms with Gasteiger partial charge in [0.2, 0.25) is 0 Å². The molecule has 3 aliphatic rings. The van der Waals surface area contributed by atoms with Gasteiger partial charge in [0.25, 0.3) is 0 Å². The van der Waals surface area contributed by atoms with Gasteiger partial charge in [-0.25, -0.2) is 0 Å². The molecule has 3 nitrogen and oxygen atoms in total. The van der Waals surface area contributed by atoms with E-state index in [1.807, 2.05) is 0 Å². The number of nitrogens with zero attached hydrogens (tertiary/aromatic N) is 3. The number of benzene rings is 23. The van der Waals surface area contributed by atoms with Crippen molar-refractivity contribution in [1.82, 2.24) is 13.7 Å². The molecular weight excluding hydrogens is 2000 g/mol. The lowest BCUT2D eigenvalue weighted by atomic mass is 9.67. The van der Waals surface area contributed by atoms with E-state index in [0.717, 1.165) is 24.8 Å². The Morgan fingerprint density at radius 2 is 0.430 bits per heavy atom. The van der Waals surface area contributed by atoms with Gasteiger partial charge < -0.3 is 13.7 Å². The molecule has 6 heteroatoms. The number of para-hydroxylation sites is 2. The molecule has 23 aromatic carbocycles. The van der Waals surface area contributed by atoms with E-state index in [1.54, 1.807) is 0 Å². The van der Waals surface area contributed by atoms with Crippen LogP contribution in [0.25, 0.3) is 194 Å². The van der Waals surface area contributed by atoms with Gasteiger partial charge in [0.05, 0.1) is 49.6 Å². The Hall–Kier alpha value is -17.1. The molecule has 0 aliphatic heterocycles. The van der Waals surface area contributed by atoms with Gasteiger partial charge in [0, 0.05) is 62.5 Å². The number of rotatable bonds is 14. The van der Waals surface area contributed by atoms with Crippen LogP contribution in [0.5, 0.6) is 0 Å². The van der Waals surface area contributed by atoms with E-state index in [1.165, 1.54) is 238 Å². The van der Waals surface area contributed by atoms with Crippen molar-refractivity contribution in [3.05, 3.63) is 615 Å². The molecule has 0 atom stereocenters. The molecule has 0 saturated carbocycles. The Bertz CT molecular complexity index is 9660. The molecule has 0 unspecified atom stereocenters. The zero-order chi connectivity index (χ0) is 99.6. The van der Waals surface area contributed by atoms with Crippen LogP contribution in [0.2, 0.25) is 0 Å². The minimum atomic E-state index is -0.448. The Morgan fingerprint density at radius 1 is 0.161 bits per heavy atom. The molecule has 0 spiro atoms. The molecule has 704 valence electrons. The first kappa shape index (κ1) is 90.6. The smallest absolute Gasteiger partial charge is 0.0714 e. The normalized spacial score (nSPS) is 13.0. The molecule has 0 amide bonds. The standard InChI is InChI=1S/2C49H32BrN.C45H32BrN/c50-39-25-22-33(23-26-39)34-12-11-13-35(30-34)36-24-29-48-44(31-36)43-19-8-10-21-47(43)51(48)40-27-28-42-41-18-7-9-20-45(41)49(46(42)32-40,37-14-3-1-4-15-37)38-16-5-2-6-17-38;50-39-25-22-33(23-26-39)34-12-11-13-35(30-34)36-24-29-48-44(31-36)42-19-8-10-21-47(42)51(48)40-27-28-46-43(32-40)41-18-7-9-20-45(41)49(46,37-14-3-1-4-15-37)38-16-5-2-6-17-38;1-45(2)40-16-7-6-14-36(40)37-15-9-17-43(44(37)45)47-41-24-20-33(29-10-4-3-5-11-29)27-38(41)39-28-34(21-25-42(39)47)32-13-8-12-31(26-32)30-18-22-35(46)23-19-30/h2*1-32H;3-28H,1-2H3. The van der Waals surface area contributed by atoms with Crippen molar-refractivity contribution < 1.29 is 0 Å². The average Bonchev–Trinajstić information content (AvgIpc) is 1.54. The largest absolute Gasteiger partial charge is 0.309 e. The van der Waals surface area contributed by atoms with Crippen LogP contribution in [0, 0.1) is 0 Å². The maximum atomic E-state index is 3.58. The number of hydrogen-bond donors (Lipinski definition) is 0. The molecule has 3 aromatic heterocycles. The van der Waals surface area contributed by atoms with E-state index in [4.69, 9.17) is 0 Å². The Morgan fingerprint density at radius 3 is 0.859 bits per heavy atom. The van der Waals surface area contributed by atoms with Gasteiger partial charge in [-0.2, -0.15) is 0 Å². The van der Waals surface area contributed by atoms with Crippen molar-refractivity contribution in [2.75, 3.05) is 0 Å². The number of hydrogen-bond acceptors (Lipinski definition) is 0. The number of aromatic nitrogens is 3. The Labute approximate surface area is 892 Å². The highest BCUT2D eigenvalue weighted by Crippen LogP contribution is 2.60.